The molecule has 108 valence electrons. The van der Waals surface area contributed by atoms with Gasteiger partial charge in [0.25, 0.3) is 5.91 Å². The van der Waals surface area contributed by atoms with Gasteiger partial charge in [0.1, 0.15) is 5.69 Å². The molecule has 1 heterocycles. The monoisotopic (exact) mass is 286 g/mol. The molecule has 0 radical (unpaired) electrons. The standard InChI is InChI=1S/C15H14N2O4/c1-9-10(15(20)21-2)5-3-6-11(9)17-14(19)12-7-4-8-13(18)16-12/h3-8H,1-2H3,(H,16,18)(H,17,19). The summed E-state index contributed by atoms with van der Waals surface area (Å²) >= 11 is 0. The van der Waals surface area contributed by atoms with E-state index in [1.54, 1.807) is 25.1 Å². The molecule has 0 saturated heterocycles. The molecule has 0 bridgehead atoms. The van der Waals surface area contributed by atoms with Gasteiger partial charge in [-0.25, -0.2) is 4.79 Å². The molecule has 2 N–H and O–H groups in total. The van der Waals surface area contributed by atoms with Crippen molar-refractivity contribution < 1.29 is 14.3 Å². The van der Waals surface area contributed by atoms with Gasteiger partial charge in [-0.3, -0.25) is 9.59 Å². The van der Waals surface area contributed by atoms with Crippen LogP contribution in [0.4, 0.5) is 5.69 Å². The third-order valence-electron chi connectivity index (χ3n) is 3.00. The summed E-state index contributed by atoms with van der Waals surface area (Å²) in [5.74, 6) is -0.936. The molecule has 0 saturated carbocycles. The number of nitrogens with one attached hydrogen (secondary N) is 2. The molecule has 1 amide bonds. The summed E-state index contributed by atoms with van der Waals surface area (Å²) < 4.78 is 4.68. The van der Waals surface area contributed by atoms with Crippen LogP contribution < -0.4 is 10.9 Å². The van der Waals surface area contributed by atoms with Crippen LogP contribution in [0.2, 0.25) is 0 Å². The highest BCUT2D eigenvalue weighted by Crippen LogP contribution is 2.20. The van der Waals surface area contributed by atoms with Crippen molar-refractivity contribution in [2.45, 2.75) is 6.92 Å². The minimum atomic E-state index is -0.475. The lowest BCUT2D eigenvalue weighted by atomic mass is 10.1. The number of carbonyl (C=O) groups excluding carboxylic acids is 2. The molecule has 1 aromatic carbocycles. The number of hydrogen-bond acceptors (Lipinski definition) is 4. The first kappa shape index (κ1) is 14.5. The number of ether oxygens (including phenoxy) is 1. The van der Waals surface area contributed by atoms with Gasteiger partial charge in [0.2, 0.25) is 5.56 Å². The number of aromatic nitrogens is 1. The fourth-order valence-corrected chi connectivity index (χ4v) is 1.87. The van der Waals surface area contributed by atoms with Crippen molar-refractivity contribution in [2.75, 3.05) is 12.4 Å². The van der Waals surface area contributed by atoms with Crippen LogP contribution in [-0.2, 0) is 4.74 Å². The van der Waals surface area contributed by atoms with Crippen molar-refractivity contribution >= 4 is 17.6 Å². The molecule has 0 unspecified atom stereocenters. The van der Waals surface area contributed by atoms with Gasteiger partial charge in [-0.1, -0.05) is 12.1 Å². The average Bonchev–Trinajstić information content (AvgIpc) is 2.48. The summed E-state index contributed by atoms with van der Waals surface area (Å²) in [5.41, 5.74) is 1.23. The van der Waals surface area contributed by atoms with Gasteiger partial charge in [-0.2, -0.15) is 0 Å². The molecule has 1 aromatic heterocycles. The SMILES string of the molecule is COC(=O)c1cccc(NC(=O)c2cccc(=O)[nH]2)c1C. The van der Waals surface area contributed by atoms with E-state index in [0.29, 0.717) is 16.8 Å². The number of carbonyl (C=O) groups is 2. The summed E-state index contributed by atoms with van der Waals surface area (Å²) in [5, 5.41) is 2.66. The van der Waals surface area contributed by atoms with Crippen LogP contribution in [0.3, 0.4) is 0 Å². The molecule has 0 aliphatic heterocycles. The zero-order chi connectivity index (χ0) is 15.4. The van der Waals surface area contributed by atoms with Crippen molar-refractivity contribution in [1.82, 2.24) is 4.98 Å². The Bertz CT molecular complexity index is 749. The first-order valence-electron chi connectivity index (χ1n) is 6.21. The van der Waals surface area contributed by atoms with E-state index in [-0.39, 0.29) is 11.3 Å². The van der Waals surface area contributed by atoms with E-state index in [0.717, 1.165) is 0 Å². The largest absolute Gasteiger partial charge is 0.465 e. The van der Waals surface area contributed by atoms with Crippen LogP contribution in [-0.4, -0.2) is 24.0 Å². The fourth-order valence-electron chi connectivity index (χ4n) is 1.87. The molecular weight excluding hydrogens is 272 g/mol. The Morgan fingerprint density at radius 3 is 2.52 bits per heavy atom. The normalized spacial score (nSPS) is 10.0. The van der Waals surface area contributed by atoms with E-state index < -0.39 is 11.9 Å². The average molecular weight is 286 g/mol. The van der Waals surface area contributed by atoms with E-state index in [4.69, 9.17) is 0 Å². The van der Waals surface area contributed by atoms with Crippen LogP contribution in [0.25, 0.3) is 0 Å². The Morgan fingerprint density at radius 2 is 1.86 bits per heavy atom. The molecule has 2 aromatic rings. The second-order valence-corrected chi connectivity index (χ2v) is 4.35. The number of rotatable bonds is 3. The summed E-state index contributed by atoms with van der Waals surface area (Å²) in [6.07, 6.45) is 0. The molecule has 2 rings (SSSR count). The maximum absolute atomic E-state index is 12.1. The maximum atomic E-state index is 12.1. The Kier molecular flexibility index (Phi) is 4.18. The van der Waals surface area contributed by atoms with Crippen molar-refractivity contribution in [1.29, 1.82) is 0 Å². The van der Waals surface area contributed by atoms with Crippen molar-refractivity contribution in [3.63, 3.8) is 0 Å². The quantitative estimate of drug-likeness (QED) is 0.841. The van der Waals surface area contributed by atoms with Crippen LogP contribution in [0.5, 0.6) is 0 Å². The lowest BCUT2D eigenvalue weighted by Crippen LogP contribution is -2.19. The highest BCUT2D eigenvalue weighted by Gasteiger charge is 2.14. The predicted octanol–water partition coefficient (Wildman–Crippen LogP) is 1.72. The van der Waals surface area contributed by atoms with Gasteiger partial charge in [0, 0.05) is 11.8 Å². The van der Waals surface area contributed by atoms with Gasteiger partial charge < -0.3 is 15.0 Å². The zero-order valence-corrected chi connectivity index (χ0v) is 11.6. The summed E-state index contributed by atoms with van der Waals surface area (Å²) in [6.45, 7) is 1.70. The Labute approximate surface area is 120 Å². The number of amides is 1. The predicted molar refractivity (Wildman–Crippen MR) is 77.5 cm³/mol. The summed E-state index contributed by atoms with van der Waals surface area (Å²) in [7, 11) is 1.29. The Morgan fingerprint density at radius 1 is 1.14 bits per heavy atom. The van der Waals surface area contributed by atoms with Crippen LogP contribution in [0, 0.1) is 6.92 Å². The highest BCUT2D eigenvalue weighted by atomic mass is 16.5. The van der Waals surface area contributed by atoms with Crippen molar-refractivity contribution in [2.24, 2.45) is 0 Å². The smallest absolute Gasteiger partial charge is 0.338 e. The van der Waals surface area contributed by atoms with Gasteiger partial charge in [-0.15, -0.1) is 0 Å². The Hall–Kier alpha value is -2.89. The number of methoxy groups -OCH3 is 1. The number of H-pyrrole nitrogens is 1. The molecule has 6 heteroatoms. The first-order chi connectivity index (χ1) is 10.0. The van der Waals surface area contributed by atoms with E-state index in [9.17, 15) is 14.4 Å². The minimum absolute atomic E-state index is 0.144. The minimum Gasteiger partial charge on any atom is -0.465 e. The molecule has 0 spiro atoms. The molecule has 0 aliphatic rings. The van der Waals surface area contributed by atoms with Crippen molar-refractivity contribution in [3.05, 3.63) is 63.6 Å². The third kappa shape index (κ3) is 3.17. The number of aromatic amines is 1. The lowest BCUT2D eigenvalue weighted by molar-refractivity contribution is 0.0599. The number of pyridine rings is 1. The third-order valence-corrected chi connectivity index (χ3v) is 3.00. The van der Waals surface area contributed by atoms with Crippen molar-refractivity contribution in [3.8, 4) is 0 Å². The number of esters is 1. The first-order valence-corrected chi connectivity index (χ1v) is 6.21. The zero-order valence-electron chi connectivity index (χ0n) is 11.6. The van der Waals surface area contributed by atoms with Crippen LogP contribution in [0.15, 0.2) is 41.2 Å². The topological polar surface area (TPSA) is 88.3 Å². The maximum Gasteiger partial charge on any atom is 0.338 e. The van der Waals surface area contributed by atoms with Crippen LogP contribution in [0.1, 0.15) is 26.4 Å². The molecular formula is C15H14N2O4. The molecule has 6 nitrogen and oxygen atoms in total. The van der Waals surface area contributed by atoms with E-state index in [2.05, 4.69) is 15.0 Å². The number of anilines is 1. The van der Waals surface area contributed by atoms with Gasteiger partial charge in [0.05, 0.1) is 12.7 Å². The molecule has 0 fully saturated rings. The lowest BCUT2D eigenvalue weighted by Gasteiger charge is -2.11. The Balaban J connectivity index is 2.30. The molecule has 0 atom stereocenters. The number of hydrogen-bond donors (Lipinski definition) is 2. The summed E-state index contributed by atoms with van der Waals surface area (Å²) in [6, 6.07) is 9.23. The number of benzene rings is 1. The second kappa shape index (κ2) is 6.04. The summed E-state index contributed by atoms with van der Waals surface area (Å²) in [4.78, 5) is 37.3. The van der Waals surface area contributed by atoms with E-state index in [1.807, 2.05) is 0 Å². The molecule has 0 aliphatic carbocycles. The fraction of sp³-hybridized carbons (Fsp3) is 0.133. The van der Waals surface area contributed by atoms with E-state index >= 15 is 0 Å². The van der Waals surface area contributed by atoms with Gasteiger partial charge >= 0.3 is 5.97 Å². The van der Waals surface area contributed by atoms with E-state index in [1.165, 1.54) is 25.3 Å². The second-order valence-electron chi connectivity index (χ2n) is 4.35. The van der Waals surface area contributed by atoms with Gasteiger partial charge in [0.15, 0.2) is 0 Å². The molecule has 21 heavy (non-hydrogen) atoms. The van der Waals surface area contributed by atoms with Crippen LogP contribution >= 0.6 is 0 Å². The van der Waals surface area contributed by atoms with Gasteiger partial charge in [-0.05, 0) is 30.7 Å². The highest BCUT2D eigenvalue weighted by molar-refractivity contribution is 6.04.